The fourth-order valence-corrected chi connectivity index (χ4v) is 2.26. The average molecular weight is 350 g/mol. The van der Waals surface area contributed by atoms with Crippen LogP contribution in [0.4, 0.5) is 0 Å². The molecule has 2 aromatic rings. The van der Waals surface area contributed by atoms with Gasteiger partial charge in [0.2, 0.25) is 0 Å². The highest BCUT2D eigenvalue weighted by atomic mass is 79.9. The van der Waals surface area contributed by atoms with Gasteiger partial charge in [-0.15, -0.1) is 0 Å². The molecule has 3 nitrogen and oxygen atoms in total. The zero-order chi connectivity index (χ0) is 15.1. The molecule has 1 N–H and O–H groups in total. The lowest BCUT2D eigenvalue weighted by Crippen LogP contribution is -2.06. The number of ether oxygens (including phenoxy) is 2. The van der Waals surface area contributed by atoms with Crippen LogP contribution in [0.3, 0.4) is 0 Å². The van der Waals surface area contributed by atoms with Crippen LogP contribution < -0.4 is 14.8 Å². The minimum atomic E-state index is 0.527. The molecule has 0 amide bonds. The van der Waals surface area contributed by atoms with Gasteiger partial charge >= 0.3 is 0 Å². The molecule has 112 valence electrons. The van der Waals surface area contributed by atoms with E-state index in [2.05, 4.69) is 27.3 Å². The van der Waals surface area contributed by atoms with E-state index in [1.54, 1.807) is 0 Å². The Labute approximate surface area is 134 Å². The monoisotopic (exact) mass is 349 g/mol. The predicted molar refractivity (Wildman–Crippen MR) is 88.8 cm³/mol. The molecule has 0 saturated carbocycles. The molecule has 0 spiro atoms. The summed E-state index contributed by atoms with van der Waals surface area (Å²) in [5, 5.41) is 3.14. The van der Waals surface area contributed by atoms with E-state index in [0.29, 0.717) is 13.2 Å². The van der Waals surface area contributed by atoms with Crippen LogP contribution in [0.15, 0.2) is 46.9 Å². The van der Waals surface area contributed by atoms with Crippen molar-refractivity contribution in [3.63, 3.8) is 0 Å². The molecule has 0 aromatic heterocycles. The number of rotatable bonds is 7. The van der Waals surface area contributed by atoms with Gasteiger partial charge in [-0.05, 0) is 49.4 Å². The number of hydrogen-bond donors (Lipinski definition) is 1. The van der Waals surface area contributed by atoms with Crippen LogP contribution in [-0.4, -0.2) is 13.7 Å². The van der Waals surface area contributed by atoms with Crippen LogP contribution in [-0.2, 0) is 13.2 Å². The summed E-state index contributed by atoms with van der Waals surface area (Å²) in [5.41, 5.74) is 2.30. The van der Waals surface area contributed by atoms with Gasteiger partial charge in [0.1, 0.15) is 6.61 Å². The molecular weight excluding hydrogens is 330 g/mol. The van der Waals surface area contributed by atoms with E-state index in [4.69, 9.17) is 9.47 Å². The lowest BCUT2D eigenvalue weighted by Gasteiger charge is -2.13. The Kier molecular flexibility index (Phi) is 6.08. The van der Waals surface area contributed by atoms with Crippen LogP contribution in [0.25, 0.3) is 0 Å². The number of halogens is 1. The van der Waals surface area contributed by atoms with Crippen LogP contribution in [0.1, 0.15) is 18.1 Å². The second-order valence-corrected chi connectivity index (χ2v) is 5.58. The minimum Gasteiger partial charge on any atom is -0.490 e. The van der Waals surface area contributed by atoms with Crippen molar-refractivity contribution in [3.05, 3.63) is 58.1 Å². The molecule has 4 heteroatoms. The Morgan fingerprint density at radius 1 is 0.952 bits per heavy atom. The summed E-state index contributed by atoms with van der Waals surface area (Å²) in [7, 11) is 1.93. The molecule has 0 bridgehead atoms. The van der Waals surface area contributed by atoms with Gasteiger partial charge in [-0.1, -0.05) is 34.1 Å². The fourth-order valence-electron chi connectivity index (χ4n) is 2.00. The summed E-state index contributed by atoms with van der Waals surface area (Å²) in [5.74, 6) is 1.57. The van der Waals surface area contributed by atoms with Gasteiger partial charge in [0.15, 0.2) is 11.5 Å². The van der Waals surface area contributed by atoms with Crippen molar-refractivity contribution in [1.29, 1.82) is 0 Å². The molecule has 0 saturated heterocycles. The van der Waals surface area contributed by atoms with E-state index in [1.165, 1.54) is 5.56 Å². The Morgan fingerprint density at radius 3 is 2.33 bits per heavy atom. The molecule has 0 aliphatic carbocycles. The zero-order valence-electron chi connectivity index (χ0n) is 12.4. The molecule has 0 atom stereocenters. The summed E-state index contributed by atoms with van der Waals surface area (Å²) >= 11 is 3.43. The molecule has 0 aliphatic rings. The molecular formula is C17H20BrNO2. The third-order valence-corrected chi connectivity index (χ3v) is 3.53. The van der Waals surface area contributed by atoms with Crippen molar-refractivity contribution < 1.29 is 9.47 Å². The van der Waals surface area contributed by atoms with E-state index in [0.717, 1.165) is 28.1 Å². The molecule has 2 rings (SSSR count). The van der Waals surface area contributed by atoms with Crippen molar-refractivity contribution in [2.45, 2.75) is 20.1 Å². The second-order valence-electron chi connectivity index (χ2n) is 4.66. The van der Waals surface area contributed by atoms with Gasteiger partial charge in [0.25, 0.3) is 0 Å². The maximum absolute atomic E-state index is 5.89. The SMILES string of the molecule is CCOc1cc(CNC)ccc1OCc1ccc(Br)cc1. The maximum atomic E-state index is 5.89. The molecule has 21 heavy (non-hydrogen) atoms. The van der Waals surface area contributed by atoms with E-state index in [9.17, 15) is 0 Å². The van der Waals surface area contributed by atoms with E-state index < -0.39 is 0 Å². The first-order chi connectivity index (χ1) is 10.2. The Hall–Kier alpha value is -1.52. The number of hydrogen-bond acceptors (Lipinski definition) is 3. The highest BCUT2D eigenvalue weighted by Gasteiger charge is 2.07. The predicted octanol–water partition coefficient (Wildman–Crippen LogP) is 4.15. The first-order valence-corrected chi connectivity index (χ1v) is 7.79. The zero-order valence-corrected chi connectivity index (χ0v) is 13.9. The van der Waals surface area contributed by atoms with Gasteiger partial charge in [0, 0.05) is 11.0 Å². The van der Waals surface area contributed by atoms with Crippen LogP contribution in [0, 0.1) is 0 Å². The molecule has 0 radical (unpaired) electrons. The molecule has 0 fully saturated rings. The lowest BCUT2D eigenvalue weighted by molar-refractivity contribution is 0.269. The van der Waals surface area contributed by atoms with E-state index in [-0.39, 0.29) is 0 Å². The maximum Gasteiger partial charge on any atom is 0.161 e. The smallest absolute Gasteiger partial charge is 0.161 e. The second kappa shape index (κ2) is 8.05. The largest absolute Gasteiger partial charge is 0.490 e. The summed E-state index contributed by atoms with van der Waals surface area (Å²) < 4.78 is 12.6. The topological polar surface area (TPSA) is 30.5 Å². The quantitative estimate of drug-likeness (QED) is 0.814. The van der Waals surface area contributed by atoms with Crippen molar-refractivity contribution in [2.24, 2.45) is 0 Å². The highest BCUT2D eigenvalue weighted by molar-refractivity contribution is 9.10. The summed E-state index contributed by atoms with van der Waals surface area (Å²) in [4.78, 5) is 0. The number of nitrogens with one attached hydrogen (secondary N) is 1. The number of benzene rings is 2. The molecule has 0 aliphatic heterocycles. The van der Waals surface area contributed by atoms with Crippen molar-refractivity contribution in [3.8, 4) is 11.5 Å². The summed E-state index contributed by atoms with van der Waals surface area (Å²) in [6, 6.07) is 14.2. The summed E-state index contributed by atoms with van der Waals surface area (Å²) in [6.07, 6.45) is 0. The average Bonchev–Trinajstić information content (AvgIpc) is 2.49. The standard InChI is InChI=1S/C17H20BrNO2/c1-3-20-17-10-14(11-19-2)6-9-16(17)21-12-13-4-7-15(18)8-5-13/h4-10,19H,3,11-12H2,1-2H3. The van der Waals surface area contributed by atoms with Gasteiger partial charge in [-0.3, -0.25) is 0 Å². The van der Waals surface area contributed by atoms with Crippen molar-refractivity contribution in [2.75, 3.05) is 13.7 Å². The van der Waals surface area contributed by atoms with Gasteiger partial charge in [-0.2, -0.15) is 0 Å². The Bertz CT molecular complexity index is 570. The van der Waals surface area contributed by atoms with Gasteiger partial charge in [0.05, 0.1) is 6.61 Å². The molecule has 2 aromatic carbocycles. The Balaban J connectivity index is 2.09. The van der Waals surface area contributed by atoms with Crippen LogP contribution >= 0.6 is 15.9 Å². The van der Waals surface area contributed by atoms with E-state index >= 15 is 0 Å². The molecule has 0 heterocycles. The van der Waals surface area contributed by atoms with E-state index in [1.807, 2.05) is 50.4 Å². The van der Waals surface area contributed by atoms with Crippen LogP contribution in [0.5, 0.6) is 11.5 Å². The third kappa shape index (κ3) is 4.76. The first-order valence-electron chi connectivity index (χ1n) is 7.00. The van der Waals surface area contributed by atoms with Crippen molar-refractivity contribution >= 4 is 15.9 Å². The molecule has 0 unspecified atom stereocenters. The first kappa shape index (κ1) is 15.9. The third-order valence-electron chi connectivity index (χ3n) is 3.00. The Morgan fingerprint density at radius 2 is 1.67 bits per heavy atom. The van der Waals surface area contributed by atoms with Crippen LogP contribution in [0.2, 0.25) is 0 Å². The van der Waals surface area contributed by atoms with Gasteiger partial charge in [-0.25, -0.2) is 0 Å². The summed E-state index contributed by atoms with van der Waals surface area (Å²) in [6.45, 7) is 3.94. The highest BCUT2D eigenvalue weighted by Crippen LogP contribution is 2.29. The lowest BCUT2D eigenvalue weighted by atomic mass is 10.2. The van der Waals surface area contributed by atoms with Gasteiger partial charge < -0.3 is 14.8 Å². The fraction of sp³-hybridized carbons (Fsp3) is 0.294. The van der Waals surface area contributed by atoms with Crippen molar-refractivity contribution in [1.82, 2.24) is 5.32 Å². The normalized spacial score (nSPS) is 10.4. The minimum absolute atomic E-state index is 0.527.